The van der Waals surface area contributed by atoms with E-state index in [-0.39, 0.29) is 17.6 Å². The molecule has 1 saturated carbocycles. The van der Waals surface area contributed by atoms with Crippen LogP contribution < -0.4 is 4.74 Å². The Labute approximate surface area is 107 Å². The molecule has 4 nitrogen and oxygen atoms in total. The van der Waals surface area contributed by atoms with E-state index in [0.717, 1.165) is 12.8 Å². The number of phenolic OH excluding ortho intramolecular Hbond substituents is 1. The smallest absolute Gasteiger partial charge is 0.312 e. The number of ether oxygens (including phenoxy) is 2. The van der Waals surface area contributed by atoms with Gasteiger partial charge in [-0.2, -0.15) is 0 Å². The lowest BCUT2D eigenvalue weighted by atomic mass is 9.76. The first-order valence-electron chi connectivity index (χ1n) is 6.20. The van der Waals surface area contributed by atoms with Crippen molar-refractivity contribution in [3.05, 3.63) is 24.3 Å². The molecule has 0 amide bonds. The topological polar surface area (TPSA) is 55.8 Å². The Morgan fingerprint density at radius 3 is 2.56 bits per heavy atom. The lowest BCUT2D eigenvalue weighted by Gasteiger charge is -2.31. The second kappa shape index (κ2) is 5.76. The Bertz CT molecular complexity index is 395. The van der Waals surface area contributed by atoms with Gasteiger partial charge in [0.1, 0.15) is 18.1 Å². The van der Waals surface area contributed by atoms with Crippen molar-refractivity contribution in [2.75, 3.05) is 13.7 Å². The predicted octanol–water partition coefficient (Wildman–Crippen LogP) is 2.36. The van der Waals surface area contributed by atoms with E-state index < -0.39 is 0 Å². The maximum Gasteiger partial charge on any atom is 0.312 e. The fourth-order valence-corrected chi connectivity index (χ4v) is 2.12. The van der Waals surface area contributed by atoms with Crippen LogP contribution in [0.2, 0.25) is 0 Å². The third-order valence-electron chi connectivity index (χ3n) is 3.49. The molecule has 0 heterocycles. The minimum absolute atomic E-state index is 0.183. The fourth-order valence-electron chi connectivity index (χ4n) is 2.12. The summed E-state index contributed by atoms with van der Waals surface area (Å²) in [6.45, 7) is 0.335. The molecular formula is C14H18O4. The second-order valence-corrected chi connectivity index (χ2v) is 4.63. The third-order valence-corrected chi connectivity index (χ3v) is 3.49. The van der Waals surface area contributed by atoms with Crippen molar-refractivity contribution in [2.45, 2.75) is 19.3 Å². The molecular weight excluding hydrogens is 232 g/mol. The minimum atomic E-state index is -0.196. The van der Waals surface area contributed by atoms with Gasteiger partial charge in [-0.1, -0.05) is 6.42 Å². The number of phenols is 1. The molecule has 0 aliphatic heterocycles. The zero-order valence-corrected chi connectivity index (χ0v) is 10.5. The molecule has 1 aromatic rings. The summed E-state index contributed by atoms with van der Waals surface area (Å²) < 4.78 is 10.4. The SMILES string of the molecule is COC(=O)C(COc1ccc(O)cc1)C1CCC1. The minimum Gasteiger partial charge on any atom is -0.508 e. The van der Waals surface area contributed by atoms with Gasteiger partial charge in [0, 0.05) is 0 Å². The van der Waals surface area contributed by atoms with Crippen LogP contribution in [0.3, 0.4) is 0 Å². The molecule has 1 fully saturated rings. The third kappa shape index (κ3) is 2.94. The van der Waals surface area contributed by atoms with Gasteiger partial charge in [0.15, 0.2) is 0 Å². The largest absolute Gasteiger partial charge is 0.508 e. The van der Waals surface area contributed by atoms with Gasteiger partial charge in [0.25, 0.3) is 0 Å². The van der Waals surface area contributed by atoms with Crippen LogP contribution >= 0.6 is 0 Å². The molecule has 1 aliphatic carbocycles. The molecule has 0 aromatic heterocycles. The van der Waals surface area contributed by atoms with Gasteiger partial charge in [-0.05, 0) is 43.0 Å². The monoisotopic (exact) mass is 250 g/mol. The lowest BCUT2D eigenvalue weighted by Crippen LogP contribution is -2.34. The number of carbonyl (C=O) groups is 1. The second-order valence-electron chi connectivity index (χ2n) is 4.63. The molecule has 2 rings (SSSR count). The first-order valence-corrected chi connectivity index (χ1v) is 6.20. The van der Waals surface area contributed by atoms with Crippen molar-refractivity contribution in [3.63, 3.8) is 0 Å². The summed E-state index contributed by atoms with van der Waals surface area (Å²) in [5, 5.41) is 9.17. The first-order chi connectivity index (χ1) is 8.70. The highest BCUT2D eigenvalue weighted by Gasteiger charge is 2.33. The first kappa shape index (κ1) is 12.7. The van der Waals surface area contributed by atoms with Crippen molar-refractivity contribution in [1.29, 1.82) is 0 Å². The summed E-state index contributed by atoms with van der Waals surface area (Å²) in [7, 11) is 1.41. The van der Waals surface area contributed by atoms with Crippen LogP contribution in [0.5, 0.6) is 11.5 Å². The molecule has 1 aromatic carbocycles. The van der Waals surface area contributed by atoms with Crippen molar-refractivity contribution >= 4 is 5.97 Å². The average molecular weight is 250 g/mol. The van der Waals surface area contributed by atoms with Gasteiger partial charge < -0.3 is 14.6 Å². The van der Waals surface area contributed by atoms with Crippen molar-refractivity contribution < 1.29 is 19.4 Å². The summed E-state index contributed by atoms with van der Waals surface area (Å²) in [5.41, 5.74) is 0. The summed E-state index contributed by atoms with van der Waals surface area (Å²) in [6, 6.07) is 6.49. The number of rotatable bonds is 5. The molecule has 4 heteroatoms. The Balaban J connectivity index is 1.92. The van der Waals surface area contributed by atoms with Crippen LogP contribution in [0.1, 0.15) is 19.3 Å². The Morgan fingerprint density at radius 2 is 2.06 bits per heavy atom. The number of aromatic hydroxyl groups is 1. The van der Waals surface area contributed by atoms with Crippen molar-refractivity contribution in [2.24, 2.45) is 11.8 Å². The molecule has 0 bridgehead atoms. The molecule has 1 unspecified atom stereocenters. The Hall–Kier alpha value is -1.71. The highest BCUT2D eigenvalue weighted by molar-refractivity contribution is 5.73. The summed E-state index contributed by atoms with van der Waals surface area (Å²) in [6.07, 6.45) is 3.31. The molecule has 0 spiro atoms. The maximum absolute atomic E-state index is 11.7. The Kier molecular flexibility index (Phi) is 4.07. The van der Waals surface area contributed by atoms with Gasteiger partial charge in [-0.15, -0.1) is 0 Å². The summed E-state index contributed by atoms with van der Waals surface area (Å²) >= 11 is 0. The van der Waals surface area contributed by atoms with Crippen LogP contribution in [-0.4, -0.2) is 24.8 Å². The van der Waals surface area contributed by atoms with Crippen LogP contribution in [0, 0.1) is 11.8 Å². The number of benzene rings is 1. The standard InChI is InChI=1S/C14H18O4/c1-17-14(16)13(10-3-2-4-10)9-18-12-7-5-11(15)6-8-12/h5-8,10,13,15H,2-4,9H2,1H3. The molecule has 18 heavy (non-hydrogen) atoms. The molecule has 98 valence electrons. The van der Waals surface area contributed by atoms with E-state index in [4.69, 9.17) is 14.6 Å². The van der Waals surface area contributed by atoms with E-state index in [1.54, 1.807) is 24.3 Å². The molecule has 1 aliphatic rings. The number of methoxy groups -OCH3 is 1. The number of esters is 1. The number of carbonyl (C=O) groups excluding carboxylic acids is 1. The zero-order chi connectivity index (χ0) is 13.0. The average Bonchev–Trinajstić information content (AvgIpc) is 2.33. The highest BCUT2D eigenvalue weighted by atomic mass is 16.5. The normalized spacial score (nSPS) is 16.7. The number of hydrogen-bond donors (Lipinski definition) is 1. The molecule has 0 saturated heterocycles. The van der Waals surface area contributed by atoms with Gasteiger partial charge in [0.05, 0.1) is 13.0 Å². The van der Waals surface area contributed by atoms with Gasteiger partial charge >= 0.3 is 5.97 Å². The number of hydrogen-bond acceptors (Lipinski definition) is 4. The summed E-state index contributed by atoms with van der Waals surface area (Å²) in [5.74, 6) is 0.859. The van der Waals surface area contributed by atoms with E-state index >= 15 is 0 Å². The maximum atomic E-state index is 11.7. The molecule has 1 N–H and O–H groups in total. The van der Waals surface area contributed by atoms with Crippen LogP contribution in [0.25, 0.3) is 0 Å². The van der Waals surface area contributed by atoms with E-state index in [9.17, 15) is 4.79 Å². The van der Waals surface area contributed by atoms with E-state index in [1.165, 1.54) is 13.5 Å². The zero-order valence-electron chi connectivity index (χ0n) is 10.5. The van der Waals surface area contributed by atoms with Crippen molar-refractivity contribution in [1.82, 2.24) is 0 Å². The molecule has 1 atom stereocenters. The van der Waals surface area contributed by atoms with Gasteiger partial charge in [-0.25, -0.2) is 0 Å². The fraction of sp³-hybridized carbons (Fsp3) is 0.500. The van der Waals surface area contributed by atoms with E-state index in [2.05, 4.69) is 0 Å². The van der Waals surface area contributed by atoms with Gasteiger partial charge in [0.2, 0.25) is 0 Å². The lowest BCUT2D eigenvalue weighted by molar-refractivity contribution is -0.150. The van der Waals surface area contributed by atoms with Crippen LogP contribution in [0.15, 0.2) is 24.3 Å². The highest BCUT2D eigenvalue weighted by Crippen LogP contribution is 2.34. The van der Waals surface area contributed by atoms with Gasteiger partial charge in [-0.3, -0.25) is 4.79 Å². The van der Waals surface area contributed by atoms with E-state index in [1.807, 2.05) is 0 Å². The van der Waals surface area contributed by atoms with Crippen LogP contribution in [-0.2, 0) is 9.53 Å². The van der Waals surface area contributed by atoms with Crippen molar-refractivity contribution in [3.8, 4) is 11.5 Å². The predicted molar refractivity (Wildman–Crippen MR) is 66.4 cm³/mol. The molecule has 0 radical (unpaired) electrons. The van der Waals surface area contributed by atoms with Crippen LogP contribution in [0.4, 0.5) is 0 Å². The Morgan fingerprint density at radius 1 is 1.39 bits per heavy atom. The quantitative estimate of drug-likeness (QED) is 0.815. The summed E-state index contributed by atoms with van der Waals surface area (Å²) in [4.78, 5) is 11.7. The van der Waals surface area contributed by atoms with E-state index in [0.29, 0.717) is 18.3 Å².